The number of rotatable bonds is 6. The normalized spacial score (nSPS) is 13.9. The zero-order valence-corrected chi connectivity index (χ0v) is 16.8. The van der Waals surface area contributed by atoms with E-state index in [1.807, 2.05) is 30.7 Å². The van der Waals surface area contributed by atoms with Crippen molar-refractivity contribution in [2.75, 3.05) is 11.4 Å². The summed E-state index contributed by atoms with van der Waals surface area (Å²) in [6.07, 6.45) is 2.09. The molecule has 0 radical (unpaired) electrons. The molecule has 3 amide bonds. The molecule has 0 saturated carbocycles. The van der Waals surface area contributed by atoms with Gasteiger partial charge in [0.1, 0.15) is 5.76 Å². The standard InChI is InChI=1S/C22H22N4O4/c1-14-21(18-4-3-13-30-18)15(2)25(24-14)12-11-23-22(29)16-5-7-17(8-6-16)26-19(27)9-10-20(26)28/h3-8,13H,9-12H2,1-2H3,(H,23,29). The van der Waals surface area contributed by atoms with Crippen molar-refractivity contribution in [3.63, 3.8) is 0 Å². The average Bonchev–Trinajstić information content (AvgIpc) is 3.43. The second kappa shape index (κ2) is 7.98. The topological polar surface area (TPSA) is 97.4 Å². The van der Waals surface area contributed by atoms with Crippen LogP contribution in [0, 0.1) is 13.8 Å². The second-order valence-electron chi connectivity index (χ2n) is 7.17. The van der Waals surface area contributed by atoms with E-state index < -0.39 is 0 Å². The summed E-state index contributed by atoms with van der Waals surface area (Å²) in [5, 5.41) is 7.42. The van der Waals surface area contributed by atoms with Crippen LogP contribution in [0.4, 0.5) is 5.69 Å². The maximum atomic E-state index is 12.4. The molecule has 0 bridgehead atoms. The highest BCUT2D eigenvalue weighted by Crippen LogP contribution is 2.27. The predicted molar refractivity (Wildman–Crippen MR) is 110 cm³/mol. The van der Waals surface area contributed by atoms with Crippen LogP contribution in [0.2, 0.25) is 0 Å². The Kier molecular flexibility index (Phi) is 5.22. The van der Waals surface area contributed by atoms with Gasteiger partial charge in [-0.1, -0.05) is 0 Å². The Bertz CT molecular complexity index is 1080. The van der Waals surface area contributed by atoms with E-state index >= 15 is 0 Å². The summed E-state index contributed by atoms with van der Waals surface area (Å²) in [5.41, 5.74) is 3.76. The Morgan fingerprint density at radius 3 is 2.43 bits per heavy atom. The molecule has 1 aliphatic heterocycles. The zero-order valence-electron chi connectivity index (χ0n) is 16.8. The van der Waals surface area contributed by atoms with Crippen LogP contribution in [0.3, 0.4) is 0 Å². The van der Waals surface area contributed by atoms with Crippen molar-refractivity contribution >= 4 is 23.4 Å². The van der Waals surface area contributed by atoms with Gasteiger partial charge in [0.05, 0.1) is 29.8 Å². The van der Waals surface area contributed by atoms with Crippen molar-refractivity contribution in [1.82, 2.24) is 15.1 Å². The van der Waals surface area contributed by atoms with Gasteiger partial charge in [-0.25, -0.2) is 0 Å². The van der Waals surface area contributed by atoms with Gasteiger partial charge in [-0.2, -0.15) is 5.10 Å². The van der Waals surface area contributed by atoms with E-state index in [2.05, 4.69) is 10.4 Å². The van der Waals surface area contributed by atoms with E-state index in [9.17, 15) is 14.4 Å². The second-order valence-corrected chi connectivity index (χ2v) is 7.17. The van der Waals surface area contributed by atoms with Gasteiger partial charge in [-0.15, -0.1) is 0 Å². The molecule has 154 valence electrons. The number of carbonyl (C=O) groups excluding carboxylic acids is 3. The van der Waals surface area contributed by atoms with E-state index in [1.165, 1.54) is 4.90 Å². The molecule has 1 saturated heterocycles. The van der Waals surface area contributed by atoms with Gasteiger partial charge in [-0.3, -0.25) is 24.0 Å². The SMILES string of the molecule is Cc1nn(CCNC(=O)c2ccc(N3C(=O)CCC3=O)cc2)c(C)c1-c1ccco1. The first-order chi connectivity index (χ1) is 14.5. The van der Waals surface area contributed by atoms with Crippen LogP contribution < -0.4 is 10.2 Å². The van der Waals surface area contributed by atoms with Gasteiger partial charge in [0.15, 0.2) is 0 Å². The molecule has 0 aliphatic carbocycles. The van der Waals surface area contributed by atoms with E-state index in [1.54, 1.807) is 30.5 Å². The summed E-state index contributed by atoms with van der Waals surface area (Å²) in [4.78, 5) is 37.2. The van der Waals surface area contributed by atoms with Crippen molar-refractivity contribution in [2.24, 2.45) is 0 Å². The molecule has 8 nitrogen and oxygen atoms in total. The van der Waals surface area contributed by atoms with Gasteiger partial charge in [0, 0.05) is 30.6 Å². The van der Waals surface area contributed by atoms with Crippen LogP contribution in [-0.2, 0) is 16.1 Å². The number of carbonyl (C=O) groups is 3. The van der Waals surface area contributed by atoms with E-state index in [4.69, 9.17) is 4.42 Å². The Morgan fingerprint density at radius 2 is 1.80 bits per heavy atom. The molecule has 3 heterocycles. The fourth-order valence-electron chi connectivity index (χ4n) is 3.70. The number of imide groups is 1. The molecular formula is C22H22N4O4. The summed E-state index contributed by atoms with van der Waals surface area (Å²) in [7, 11) is 0. The lowest BCUT2D eigenvalue weighted by Crippen LogP contribution is -2.29. The molecule has 1 aliphatic rings. The Hall–Kier alpha value is -3.68. The van der Waals surface area contributed by atoms with Crippen LogP contribution in [-0.4, -0.2) is 34.0 Å². The first kappa shape index (κ1) is 19.6. The monoisotopic (exact) mass is 406 g/mol. The van der Waals surface area contributed by atoms with Gasteiger partial charge in [0.2, 0.25) is 11.8 Å². The molecule has 0 atom stereocenters. The number of furan rings is 1. The highest BCUT2D eigenvalue weighted by atomic mass is 16.3. The maximum Gasteiger partial charge on any atom is 0.251 e. The van der Waals surface area contributed by atoms with Crippen molar-refractivity contribution in [1.29, 1.82) is 0 Å². The maximum absolute atomic E-state index is 12.4. The smallest absolute Gasteiger partial charge is 0.251 e. The molecule has 4 rings (SSSR count). The third-order valence-electron chi connectivity index (χ3n) is 5.20. The number of anilines is 1. The highest BCUT2D eigenvalue weighted by molar-refractivity contribution is 6.19. The van der Waals surface area contributed by atoms with Crippen LogP contribution >= 0.6 is 0 Å². The lowest BCUT2D eigenvalue weighted by Gasteiger charge is -2.14. The molecule has 1 aromatic carbocycles. The molecule has 1 N–H and O–H groups in total. The minimum absolute atomic E-state index is 0.212. The molecule has 0 unspecified atom stereocenters. The average molecular weight is 406 g/mol. The molecular weight excluding hydrogens is 384 g/mol. The van der Waals surface area contributed by atoms with Crippen molar-refractivity contribution in [2.45, 2.75) is 33.2 Å². The number of hydrogen-bond donors (Lipinski definition) is 1. The van der Waals surface area contributed by atoms with Gasteiger partial charge >= 0.3 is 0 Å². The quantitative estimate of drug-likeness (QED) is 0.635. The third kappa shape index (κ3) is 3.63. The molecule has 1 fully saturated rings. The van der Waals surface area contributed by atoms with Crippen LogP contribution in [0.15, 0.2) is 47.1 Å². The molecule has 0 spiro atoms. The van der Waals surface area contributed by atoms with Crippen molar-refractivity contribution in [3.8, 4) is 11.3 Å². The van der Waals surface area contributed by atoms with Crippen molar-refractivity contribution < 1.29 is 18.8 Å². The number of aromatic nitrogens is 2. The summed E-state index contributed by atoms with van der Waals surface area (Å²) >= 11 is 0. The van der Waals surface area contributed by atoms with Crippen LogP contribution in [0.5, 0.6) is 0 Å². The predicted octanol–water partition coefficient (Wildman–Crippen LogP) is 2.84. The van der Waals surface area contributed by atoms with E-state index in [0.29, 0.717) is 24.3 Å². The third-order valence-corrected chi connectivity index (χ3v) is 5.20. The summed E-state index contributed by atoms with van der Waals surface area (Å²) in [5.74, 6) is 0.121. The first-order valence-corrected chi connectivity index (χ1v) is 9.77. The Labute approximate surface area is 173 Å². The molecule has 2 aromatic heterocycles. The van der Waals surface area contributed by atoms with E-state index in [-0.39, 0.29) is 30.6 Å². The Morgan fingerprint density at radius 1 is 1.10 bits per heavy atom. The minimum Gasteiger partial charge on any atom is -0.464 e. The first-order valence-electron chi connectivity index (χ1n) is 9.77. The summed E-state index contributed by atoms with van der Waals surface area (Å²) in [6, 6.07) is 10.2. The van der Waals surface area contributed by atoms with Gasteiger partial charge in [0.25, 0.3) is 5.91 Å². The number of nitrogens with one attached hydrogen (secondary N) is 1. The number of benzene rings is 1. The zero-order chi connectivity index (χ0) is 21.3. The fourth-order valence-corrected chi connectivity index (χ4v) is 3.70. The largest absolute Gasteiger partial charge is 0.464 e. The lowest BCUT2D eigenvalue weighted by molar-refractivity contribution is -0.121. The molecule has 3 aromatic rings. The number of nitrogens with zero attached hydrogens (tertiary/aromatic N) is 3. The summed E-state index contributed by atoms with van der Waals surface area (Å²) in [6.45, 7) is 4.83. The Balaban J connectivity index is 1.37. The lowest BCUT2D eigenvalue weighted by atomic mass is 10.1. The number of hydrogen-bond acceptors (Lipinski definition) is 5. The molecule has 30 heavy (non-hydrogen) atoms. The highest BCUT2D eigenvalue weighted by Gasteiger charge is 2.30. The van der Waals surface area contributed by atoms with Gasteiger partial charge in [-0.05, 0) is 50.2 Å². The number of amides is 3. The van der Waals surface area contributed by atoms with Crippen molar-refractivity contribution in [3.05, 3.63) is 59.6 Å². The minimum atomic E-state index is -0.228. The number of aryl methyl sites for hydroxylation is 1. The summed E-state index contributed by atoms with van der Waals surface area (Å²) < 4.78 is 7.33. The van der Waals surface area contributed by atoms with Crippen LogP contribution in [0.25, 0.3) is 11.3 Å². The van der Waals surface area contributed by atoms with Gasteiger partial charge < -0.3 is 9.73 Å². The fraction of sp³-hybridized carbons (Fsp3) is 0.273. The van der Waals surface area contributed by atoms with Crippen LogP contribution in [0.1, 0.15) is 34.6 Å². The molecule has 8 heteroatoms. The van der Waals surface area contributed by atoms with E-state index in [0.717, 1.165) is 22.7 Å².